The number of H-pyrrole nitrogens is 1. The molecule has 0 bridgehead atoms. The van der Waals surface area contributed by atoms with Crippen LogP contribution >= 0.6 is 0 Å². The first-order chi connectivity index (χ1) is 9.66. The number of nitrogens with zero attached hydrogens (tertiary/aromatic N) is 3. The minimum atomic E-state index is -0.0741. The van der Waals surface area contributed by atoms with Gasteiger partial charge >= 0.3 is 0 Å². The van der Waals surface area contributed by atoms with E-state index in [4.69, 9.17) is 0 Å². The van der Waals surface area contributed by atoms with Crippen LogP contribution < -0.4 is 10.2 Å². The molecule has 0 aromatic carbocycles. The van der Waals surface area contributed by atoms with Crippen LogP contribution in [0.3, 0.4) is 0 Å². The zero-order valence-electron chi connectivity index (χ0n) is 11.8. The second-order valence-electron chi connectivity index (χ2n) is 4.69. The van der Waals surface area contributed by atoms with Crippen molar-refractivity contribution >= 4 is 11.7 Å². The summed E-state index contributed by atoms with van der Waals surface area (Å²) in [6, 6.07) is 3.50. The van der Waals surface area contributed by atoms with E-state index in [1.54, 1.807) is 30.7 Å². The minimum Gasteiger partial charge on any atom is -0.363 e. The molecule has 0 atom stereocenters. The van der Waals surface area contributed by atoms with Gasteiger partial charge in [-0.3, -0.25) is 4.79 Å². The average Bonchev–Trinajstić information content (AvgIpc) is 2.96. The molecule has 0 aliphatic rings. The van der Waals surface area contributed by atoms with Gasteiger partial charge in [0, 0.05) is 51.2 Å². The Morgan fingerprint density at radius 1 is 1.35 bits per heavy atom. The van der Waals surface area contributed by atoms with Gasteiger partial charge in [0.05, 0.1) is 0 Å². The molecular weight excluding hydrogens is 254 g/mol. The molecule has 2 N–H and O–H groups in total. The summed E-state index contributed by atoms with van der Waals surface area (Å²) in [6.07, 6.45) is 6.85. The Morgan fingerprint density at radius 2 is 2.20 bits per heavy atom. The number of carbonyl (C=O) groups excluding carboxylic acids is 1. The van der Waals surface area contributed by atoms with Crippen molar-refractivity contribution in [3.63, 3.8) is 0 Å². The molecular formula is C14H19N5O. The molecule has 2 aromatic rings. The van der Waals surface area contributed by atoms with Crippen molar-refractivity contribution < 1.29 is 4.79 Å². The van der Waals surface area contributed by atoms with Crippen molar-refractivity contribution in [1.29, 1.82) is 0 Å². The van der Waals surface area contributed by atoms with Gasteiger partial charge in [-0.25, -0.2) is 9.97 Å². The van der Waals surface area contributed by atoms with E-state index in [1.807, 2.05) is 19.0 Å². The lowest BCUT2D eigenvalue weighted by Gasteiger charge is -2.12. The average molecular weight is 273 g/mol. The Balaban J connectivity index is 1.81. The van der Waals surface area contributed by atoms with Gasteiger partial charge in [0.2, 0.25) is 0 Å². The summed E-state index contributed by atoms with van der Waals surface area (Å²) in [6.45, 7) is 0.624. The first-order valence-corrected chi connectivity index (χ1v) is 6.56. The highest BCUT2D eigenvalue weighted by molar-refractivity contribution is 5.94. The van der Waals surface area contributed by atoms with Crippen LogP contribution in [0.5, 0.6) is 0 Å². The number of hydrogen-bond acceptors (Lipinski definition) is 4. The van der Waals surface area contributed by atoms with Gasteiger partial charge in [-0.05, 0) is 18.6 Å². The summed E-state index contributed by atoms with van der Waals surface area (Å²) in [5.41, 5.74) is 0.627. The Kier molecular flexibility index (Phi) is 4.70. The summed E-state index contributed by atoms with van der Waals surface area (Å²) >= 11 is 0. The number of pyridine rings is 1. The predicted octanol–water partition coefficient (Wildman–Crippen LogP) is 1.23. The van der Waals surface area contributed by atoms with Crippen LogP contribution in [0.1, 0.15) is 22.6 Å². The summed E-state index contributed by atoms with van der Waals surface area (Å²) in [4.78, 5) is 25.2. The third-order valence-corrected chi connectivity index (χ3v) is 2.90. The maximum atomic E-state index is 12.0. The van der Waals surface area contributed by atoms with E-state index in [9.17, 15) is 4.79 Å². The quantitative estimate of drug-likeness (QED) is 0.776. The molecule has 0 spiro atoms. The first kappa shape index (κ1) is 14.0. The van der Waals surface area contributed by atoms with E-state index in [2.05, 4.69) is 20.3 Å². The second-order valence-corrected chi connectivity index (χ2v) is 4.69. The Labute approximate surface area is 118 Å². The Hall–Kier alpha value is -2.37. The monoisotopic (exact) mass is 273 g/mol. The largest absolute Gasteiger partial charge is 0.363 e. The normalized spacial score (nSPS) is 10.3. The van der Waals surface area contributed by atoms with E-state index in [0.29, 0.717) is 12.1 Å². The number of imidazole rings is 1. The van der Waals surface area contributed by atoms with Crippen LogP contribution in [-0.4, -0.2) is 41.5 Å². The van der Waals surface area contributed by atoms with E-state index in [0.717, 1.165) is 24.5 Å². The Bertz CT molecular complexity index is 550. The fourth-order valence-electron chi connectivity index (χ4n) is 1.80. The zero-order chi connectivity index (χ0) is 14.4. The maximum Gasteiger partial charge on any atom is 0.251 e. The van der Waals surface area contributed by atoms with Gasteiger partial charge < -0.3 is 15.2 Å². The summed E-state index contributed by atoms with van der Waals surface area (Å²) < 4.78 is 0. The van der Waals surface area contributed by atoms with Gasteiger partial charge in [-0.1, -0.05) is 0 Å². The molecule has 2 heterocycles. The molecule has 20 heavy (non-hydrogen) atoms. The molecule has 0 saturated carbocycles. The lowest BCUT2D eigenvalue weighted by molar-refractivity contribution is 0.0953. The third kappa shape index (κ3) is 3.81. The van der Waals surface area contributed by atoms with Crippen LogP contribution in [0.25, 0.3) is 0 Å². The highest BCUT2D eigenvalue weighted by atomic mass is 16.1. The number of nitrogens with one attached hydrogen (secondary N) is 2. The summed E-state index contributed by atoms with van der Waals surface area (Å²) in [7, 11) is 3.79. The minimum absolute atomic E-state index is 0.0741. The van der Waals surface area contributed by atoms with Gasteiger partial charge in [-0.2, -0.15) is 0 Å². The van der Waals surface area contributed by atoms with Gasteiger partial charge in [0.25, 0.3) is 5.91 Å². The fourth-order valence-corrected chi connectivity index (χ4v) is 1.80. The molecule has 6 heteroatoms. The first-order valence-electron chi connectivity index (χ1n) is 6.56. The second kappa shape index (κ2) is 6.70. The van der Waals surface area contributed by atoms with Crippen LogP contribution in [-0.2, 0) is 6.42 Å². The SMILES string of the molecule is CN(C)c1cc(C(=O)NCCCc2ncc[nH]2)ccn1. The molecule has 0 fully saturated rings. The smallest absolute Gasteiger partial charge is 0.251 e. The van der Waals surface area contributed by atoms with Crippen molar-refractivity contribution in [2.75, 3.05) is 25.5 Å². The van der Waals surface area contributed by atoms with Crippen molar-refractivity contribution in [2.45, 2.75) is 12.8 Å². The number of aromatic nitrogens is 3. The number of amides is 1. The van der Waals surface area contributed by atoms with Crippen LogP contribution in [0.2, 0.25) is 0 Å². The Morgan fingerprint density at radius 3 is 2.90 bits per heavy atom. The van der Waals surface area contributed by atoms with E-state index in [-0.39, 0.29) is 5.91 Å². The molecule has 2 aromatic heterocycles. The standard InChI is InChI=1S/C14H19N5O/c1-19(2)13-10-11(5-7-17-13)14(20)18-6-3-4-12-15-8-9-16-12/h5,7-10H,3-4,6H2,1-2H3,(H,15,16)(H,18,20). The molecule has 2 rings (SSSR count). The van der Waals surface area contributed by atoms with Crippen LogP contribution in [0.4, 0.5) is 5.82 Å². The lowest BCUT2D eigenvalue weighted by Crippen LogP contribution is -2.25. The highest BCUT2D eigenvalue weighted by Gasteiger charge is 2.07. The van der Waals surface area contributed by atoms with Gasteiger partial charge in [0.15, 0.2) is 0 Å². The number of rotatable bonds is 6. The lowest BCUT2D eigenvalue weighted by atomic mass is 10.2. The maximum absolute atomic E-state index is 12.0. The predicted molar refractivity (Wildman–Crippen MR) is 77.8 cm³/mol. The summed E-state index contributed by atoms with van der Waals surface area (Å²) in [5.74, 6) is 1.64. The number of aromatic amines is 1. The van der Waals surface area contributed by atoms with Crippen LogP contribution in [0, 0.1) is 0 Å². The molecule has 106 valence electrons. The number of aryl methyl sites for hydroxylation is 1. The summed E-state index contributed by atoms with van der Waals surface area (Å²) in [5, 5.41) is 2.90. The van der Waals surface area contributed by atoms with Crippen molar-refractivity contribution in [3.05, 3.63) is 42.1 Å². The van der Waals surface area contributed by atoms with Crippen LogP contribution in [0.15, 0.2) is 30.7 Å². The third-order valence-electron chi connectivity index (χ3n) is 2.90. The van der Waals surface area contributed by atoms with Gasteiger partial charge in [0.1, 0.15) is 11.6 Å². The molecule has 0 aliphatic heterocycles. The fraction of sp³-hybridized carbons (Fsp3) is 0.357. The molecule has 0 aliphatic carbocycles. The highest BCUT2D eigenvalue weighted by Crippen LogP contribution is 2.09. The van der Waals surface area contributed by atoms with Crippen molar-refractivity contribution in [1.82, 2.24) is 20.3 Å². The number of hydrogen-bond donors (Lipinski definition) is 2. The topological polar surface area (TPSA) is 73.9 Å². The van der Waals surface area contributed by atoms with E-state index >= 15 is 0 Å². The van der Waals surface area contributed by atoms with Crippen molar-refractivity contribution in [2.24, 2.45) is 0 Å². The van der Waals surface area contributed by atoms with Gasteiger partial charge in [-0.15, -0.1) is 0 Å². The zero-order valence-corrected chi connectivity index (χ0v) is 11.8. The number of anilines is 1. The molecule has 6 nitrogen and oxygen atoms in total. The van der Waals surface area contributed by atoms with E-state index in [1.165, 1.54) is 0 Å². The molecule has 0 unspecified atom stereocenters. The molecule has 1 amide bonds. The van der Waals surface area contributed by atoms with E-state index < -0.39 is 0 Å². The van der Waals surface area contributed by atoms with Crippen molar-refractivity contribution in [3.8, 4) is 0 Å². The molecule has 0 radical (unpaired) electrons. The molecule has 0 saturated heterocycles. The number of carbonyl (C=O) groups is 1.